The third-order valence-electron chi connectivity index (χ3n) is 6.10. The number of aryl methyl sites for hydroxylation is 2. The molecule has 0 saturated heterocycles. The SMILES string of the molecule is C=Cc1ccc(Oc2cc(C)c(Oc3ccc(C=C)n3-c3ccccc3)cc2C)n1-c1ccccc1. The predicted molar refractivity (Wildman–Crippen MR) is 148 cm³/mol. The number of ether oxygens (including phenoxy) is 2. The highest BCUT2D eigenvalue weighted by Gasteiger charge is 2.16. The van der Waals surface area contributed by atoms with Crippen molar-refractivity contribution in [1.82, 2.24) is 9.13 Å². The number of aromatic nitrogens is 2. The molecule has 4 nitrogen and oxygen atoms in total. The van der Waals surface area contributed by atoms with E-state index in [4.69, 9.17) is 9.47 Å². The highest BCUT2D eigenvalue weighted by atomic mass is 16.5. The van der Waals surface area contributed by atoms with Crippen LogP contribution in [0.4, 0.5) is 0 Å². The van der Waals surface area contributed by atoms with Gasteiger partial charge in [-0.1, -0.05) is 49.6 Å². The van der Waals surface area contributed by atoms with Crippen LogP contribution in [0.1, 0.15) is 22.5 Å². The maximum absolute atomic E-state index is 6.42. The second-order valence-corrected chi connectivity index (χ2v) is 8.53. The Balaban J connectivity index is 1.47. The van der Waals surface area contributed by atoms with Crippen LogP contribution >= 0.6 is 0 Å². The minimum atomic E-state index is 0.723. The van der Waals surface area contributed by atoms with Gasteiger partial charge in [-0.25, -0.2) is 0 Å². The summed E-state index contributed by atoms with van der Waals surface area (Å²) in [6.07, 6.45) is 3.66. The van der Waals surface area contributed by atoms with Crippen LogP contribution in [0, 0.1) is 13.8 Å². The van der Waals surface area contributed by atoms with Crippen molar-refractivity contribution in [2.24, 2.45) is 0 Å². The maximum Gasteiger partial charge on any atom is 0.205 e. The van der Waals surface area contributed by atoms with Crippen molar-refractivity contribution >= 4 is 12.2 Å². The van der Waals surface area contributed by atoms with Crippen LogP contribution in [0.15, 0.2) is 110 Å². The van der Waals surface area contributed by atoms with Gasteiger partial charge in [-0.2, -0.15) is 0 Å². The summed E-state index contributed by atoms with van der Waals surface area (Å²) < 4.78 is 16.9. The van der Waals surface area contributed by atoms with Crippen molar-refractivity contribution in [3.63, 3.8) is 0 Å². The van der Waals surface area contributed by atoms with Crippen molar-refractivity contribution in [3.05, 3.63) is 133 Å². The van der Waals surface area contributed by atoms with Crippen LogP contribution in [0.25, 0.3) is 23.5 Å². The second kappa shape index (κ2) is 9.88. The molecule has 4 heteroatoms. The summed E-state index contributed by atoms with van der Waals surface area (Å²) in [7, 11) is 0. The number of nitrogens with zero attached hydrogens (tertiary/aromatic N) is 2. The van der Waals surface area contributed by atoms with Crippen LogP contribution in [0.2, 0.25) is 0 Å². The summed E-state index contributed by atoms with van der Waals surface area (Å²) in [4.78, 5) is 0. The molecular weight excluding hydrogens is 444 g/mol. The van der Waals surface area contributed by atoms with Gasteiger partial charge in [-0.05, 0) is 85.7 Å². The van der Waals surface area contributed by atoms with E-state index in [1.807, 2.05) is 123 Å². The normalized spacial score (nSPS) is 10.7. The summed E-state index contributed by atoms with van der Waals surface area (Å²) in [6, 6.07) is 32.2. The Morgan fingerprint density at radius 2 is 0.944 bits per heavy atom. The van der Waals surface area contributed by atoms with Gasteiger partial charge in [0, 0.05) is 34.9 Å². The molecule has 0 radical (unpaired) electrons. The van der Waals surface area contributed by atoms with Gasteiger partial charge in [-0.3, -0.25) is 9.13 Å². The molecular formula is C32H28N2O2. The smallest absolute Gasteiger partial charge is 0.205 e. The van der Waals surface area contributed by atoms with Crippen LogP contribution in [0.5, 0.6) is 23.3 Å². The number of hydrogen-bond acceptors (Lipinski definition) is 2. The van der Waals surface area contributed by atoms with E-state index in [0.29, 0.717) is 0 Å². The largest absolute Gasteiger partial charge is 0.440 e. The highest BCUT2D eigenvalue weighted by Crippen LogP contribution is 2.36. The molecule has 0 atom stereocenters. The summed E-state index contributed by atoms with van der Waals surface area (Å²) in [5.41, 5.74) is 5.90. The fourth-order valence-electron chi connectivity index (χ4n) is 4.26. The molecule has 3 aromatic carbocycles. The zero-order chi connectivity index (χ0) is 25.1. The summed E-state index contributed by atoms with van der Waals surface area (Å²) >= 11 is 0. The first kappa shape index (κ1) is 23.1. The standard InChI is InChI=1S/C32H28N2O2/c1-5-25-17-19-31(33(25)27-13-9-7-10-14-27)35-29-21-24(4)30(22-23(29)3)36-32-20-18-26(6-2)34(32)28-15-11-8-12-16-28/h5-22H,1-2H2,3-4H3. The van der Waals surface area contributed by atoms with Crippen molar-refractivity contribution in [2.75, 3.05) is 0 Å². The molecule has 5 rings (SSSR count). The number of para-hydroxylation sites is 2. The molecule has 0 bridgehead atoms. The molecule has 0 aliphatic carbocycles. The van der Waals surface area contributed by atoms with Gasteiger partial charge >= 0.3 is 0 Å². The average Bonchev–Trinajstić information content (AvgIpc) is 3.51. The van der Waals surface area contributed by atoms with Crippen LogP contribution in [-0.2, 0) is 0 Å². The zero-order valence-corrected chi connectivity index (χ0v) is 20.5. The fraction of sp³-hybridized carbons (Fsp3) is 0.0625. The van der Waals surface area contributed by atoms with Gasteiger partial charge in [0.15, 0.2) is 0 Å². The molecule has 0 aliphatic heterocycles. The van der Waals surface area contributed by atoms with E-state index in [9.17, 15) is 0 Å². The van der Waals surface area contributed by atoms with Crippen LogP contribution in [-0.4, -0.2) is 9.13 Å². The highest BCUT2D eigenvalue weighted by molar-refractivity contribution is 5.56. The predicted octanol–water partition coefficient (Wildman–Crippen LogP) is 8.76. The molecule has 36 heavy (non-hydrogen) atoms. The number of hydrogen-bond donors (Lipinski definition) is 0. The lowest BCUT2D eigenvalue weighted by molar-refractivity contribution is 0.435. The first-order chi connectivity index (χ1) is 17.6. The molecule has 2 heterocycles. The molecule has 0 N–H and O–H groups in total. The van der Waals surface area contributed by atoms with Gasteiger partial charge in [0.2, 0.25) is 11.8 Å². The van der Waals surface area contributed by atoms with E-state index in [0.717, 1.165) is 57.1 Å². The van der Waals surface area contributed by atoms with Crippen molar-refractivity contribution < 1.29 is 9.47 Å². The lowest BCUT2D eigenvalue weighted by Gasteiger charge is -2.17. The van der Waals surface area contributed by atoms with Crippen LogP contribution in [0.3, 0.4) is 0 Å². The van der Waals surface area contributed by atoms with Gasteiger partial charge in [0.1, 0.15) is 11.5 Å². The van der Waals surface area contributed by atoms with Crippen molar-refractivity contribution in [1.29, 1.82) is 0 Å². The maximum atomic E-state index is 6.42. The van der Waals surface area contributed by atoms with E-state index < -0.39 is 0 Å². The van der Waals surface area contributed by atoms with E-state index in [-0.39, 0.29) is 0 Å². The first-order valence-corrected chi connectivity index (χ1v) is 11.8. The van der Waals surface area contributed by atoms with Crippen molar-refractivity contribution in [3.8, 4) is 34.6 Å². The molecule has 0 unspecified atom stereocenters. The summed E-state index contributed by atoms with van der Waals surface area (Å²) in [5, 5.41) is 0. The minimum absolute atomic E-state index is 0.723. The second-order valence-electron chi connectivity index (χ2n) is 8.53. The molecule has 0 saturated carbocycles. The molecule has 0 amide bonds. The van der Waals surface area contributed by atoms with Gasteiger partial charge < -0.3 is 9.47 Å². The summed E-state index contributed by atoms with van der Waals surface area (Å²) in [6.45, 7) is 12.0. The zero-order valence-electron chi connectivity index (χ0n) is 20.5. The topological polar surface area (TPSA) is 28.3 Å². The molecule has 2 aromatic heterocycles. The Morgan fingerprint density at radius 3 is 1.31 bits per heavy atom. The number of rotatable bonds is 8. The van der Waals surface area contributed by atoms with E-state index >= 15 is 0 Å². The van der Waals surface area contributed by atoms with E-state index in [1.54, 1.807) is 0 Å². The molecule has 0 fully saturated rings. The van der Waals surface area contributed by atoms with Gasteiger partial charge in [0.25, 0.3) is 0 Å². The molecule has 0 spiro atoms. The van der Waals surface area contributed by atoms with Gasteiger partial charge in [-0.15, -0.1) is 0 Å². The Kier molecular flexibility index (Phi) is 6.33. The quantitative estimate of drug-likeness (QED) is 0.226. The first-order valence-electron chi connectivity index (χ1n) is 11.8. The monoisotopic (exact) mass is 472 g/mol. The summed E-state index contributed by atoms with van der Waals surface area (Å²) in [5.74, 6) is 2.99. The fourth-order valence-corrected chi connectivity index (χ4v) is 4.26. The van der Waals surface area contributed by atoms with E-state index in [1.165, 1.54) is 0 Å². The average molecular weight is 473 g/mol. The van der Waals surface area contributed by atoms with Crippen molar-refractivity contribution in [2.45, 2.75) is 13.8 Å². The van der Waals surface area contributed by atoms with Crippen LogP contribution < -0.4 is 9.47 Å². The Hall–Kier alpha value is -4.70. The van der Waals surface area contributed by atoms with Gasteiger partial charge in [0.05, 0.1) is 0 Å². The molecule has 178 valence electrons. The lowest BCUT2D eigenvalue weighted by atomic mass is 10.1. The number of benzene rings is 3. The minimum Gasteiger partial charge on any atom is -0.440 e. The third-order valence-corrected chi connectivity index (χ3v) is 6.10. The Labute approximate surface area is 212 Å². The lowest BCUT2D eigenvalue weighted by Crippen LogP contribution is -2.02. The Morgan fingerprint density at radius 1 is 0.556 bits per heavy atom. The molecule has 5 aromatic rings. The van der Waals surface area contributed by atoms with E-state index in [2.05, 4.69) is 22.3 Å². The third kappa shape index (κ3) is 4.37. The molecule has 0 aliphatic rings. The Bertz CT molecular complexity index is 1410.